The predicted molar refractivity (Wildman–Crippen MR) is 84.7 cm³/mol. The van der Waals surface area contributed by atoms with Crippen LogP contribution in [0, 0.1) is 0 Å². The molecule has 0 heterocycles. The van der Waals surface area contributed by atoms with Crippen LogP contribution in [0.3, 0.4) is 0 Å². The lowest BCUT2D eigenvalue weighted by Gasteiger charge is -2.03. The first-order valence-corrected chi connectivity index (χ1v) is 6.87. The Morgan fingerprint density at radius 2 is 1.82 bits per heavy atom. The maximum absolute atomic E-state index is 11.9. The molecular formula is C15H11Cl2NO4. The molecule has 0 radical (unpaired) electrons. The molecule has 2 aromatic rings. The molecule has 7 heteroatoms. The number of nitrogens with zero attached hydrogens (tertiary/aromatic N) is 1. The van der Waals surface area contributed by atoms with Crippen LogP contribution in [0.5, 0.6) is 17.2 Å². The Kier molecular flexibility index (Phi) is 4.90. The Balaban J connectivity index is 2.12. The smallest absolute Gasteiger partial charge is 0.184 e. The summed E-state index contributed by atoms with van der Waals surface area (Å²) in [6.45, 7) is -0.201. The second-order valence-electron chi connectivity index (χ2n) is 4.42. The van der Waals surface area contributed by atoms with Crippen molar-refractivity contribution in [1.82, 2.24) is 0 Å². The van der Waals surface area contributed by atoms with Gasteiger partial charge in [-0.3, -0.25) is 9.79 Å². The predicted octanol–water partition coefficient (Wildman–Crippen LogP) is 3.41. The molecule has 0 aromatic heterocycles. The summed E-state index contributed by atoms with van der Waals surface area (Å²) in [4.78, 5) is 15.8. The number of ketones is 1. The van der Waals surface area contributed by atoms with Crippen molar-refractivity contribution in [3.8, 4) is 17.2 Å². The van der Waals surface area contributed by atoms with Crippen molar-refractivity contribution in [2.75, 3.05) is 6.54 Å². The fraction of sp³-hybridized carbons (Fsp3) is 0.0667. The third-order valence-corrected chi connectivity index (χ3v) is 3.33. The van der Waals surface area contributed by atoms with E-state index in [4.69, 9.17) is 23.2 Å². The van der Waals surface area contributed by atoms with Gasteiger partial charge in [-0.2, -0.15) is 0 Å². The quantitative estimate of drug-likeness (QED) is 0.452. The van der Waals surface area contributed by atoms with Gasteiger partial charge in [-0.05, 0) is 30.3 Å². The minimum absolute atomic E-state index is 0.0868. The Morgan fingerprint density at radius 3 is 2.50 bits per heavy atom. The largest absolute Gasteiger partial charge is 0.506 e. The summed E-state index contributed by atoms with van der Waals surface area (Å²) < 4.78 is 0. The minimum Gasteiger partial charge on any atom is -0.506 e. The highest BCUT2D eigenvalue weighted by molar-refractivity contribution is 6.36. The zero-order valence-electron chi connectivity index (χ0n) is 11.1. The summed E-state index contributed by atoms with van der Waals surface area (Å²) in [5, 5.41) is 28.7. The van der Waals surface area contributed by atoms with Gasteiger partial charge in [-0.25, -0.2) is 0 Å². The van der Waals surface area contributed by atoms with E-state index in [0.717, 1.165) is 6.07 Å². The summed E-state index contributed by atoms with van der Waals surface area (Å²) in [6.07, 6.45) is 1.28. The molecule has 0 unspecified atom stereocenters. The SMILES string of the molecule is O=C(CN=Cc1cc(Cl)cc(Cl)c1O)c1ccc(O)c(O)c1. The molecule has 0 fully saturated rings. The molecule has 5 nitrogen and oxygen atoms in total. The summed E-state index contributed by atoms with van der Waals surface area (Å²) in [5.41, 5.74) is 0.500. The van der Waals surface area contributed by atoms with E-state index in [1.807, 2.05) is 0 Å². The number of benzene rings is 2. The Bertz CT molecular complexity index is 759. The van der Waals surface area contributed by atoms with E-state index >= 15 is 0 Å². The van der Waals surface area contributed by atoms with Crippen molar-refractivity contribution < 1.29 is 20.1 Å². The average Bonchev–Trinajstić information content (AvgIpc) is 2.46. The lowest BCUT2D eigenvalue weighted by molar-refractivity contribution is 0.100. The maximum atomic E-state index is 11.9. The van der Waals surface area contributed by atoms with Crippen molar-refractivity contribution in [2.24, 2.45) is 4.99 Å². The number of rotatable bonds is 4. The van der Waals surface area contributed by atoms with Gasteiger partial charge in [0.25, 0.3) is 0 Å². The van der Waals surface area contributed by atoms with Gasteiger partial charge in [-0.15, -0.1) is 0 Å². The van der Waals surface area contributed by atoms with Gasteiger partial charge in [0.15, 0.2) is 17.3 Å². The number of phenols is 3. The Hall–Kier alpha value is -2.24. The Labute approximate surface area is 136 Å². The van der Waals surface area contributed by atoms with E-state index in [0.29, 0.717) is 10.6 Å². The summed E-state index contributed by atoms with van der Waals surface area (Å²) in [6, 6.07) is 6.60. The van der Waals surface area contributed by atoms with Crippen molar-refractivity contribution in [3.63, 3.8) is 0 Å². The highest BCUT2D eigenvalue weighted by atomic mass is 35.5. The van der Waals surface area contributed by atoms with Gasteiger partial charge in [0.1, 0.15) is 12.3 Å². The molecule has 2 rings (SSSR count). The van der Waals surface area contributed by atoms with E-state index < -0.39 is 0 Å². The fourth-order valence-corrected chi connectivity index (χ4v) is 2.21. The van der Waals surface area contributed by atoms with Crippen LogP contribution in [-0.4, -0.2) is 33.9 Å². The van der Waals surface area contributed by atoms with Gasteiger partial charge in [0.05, 0.1) is 5.02 Å². The van der Waals surface area contributed by atoms with Gasteiger partial charge in [-0.1, -0.05) is 23.2 Å². The van der Waals surface area contributed by atoms with Crippen LogP contribution < -0.4 is 0 Å². The van der Waals surface area contributed by atoms with Crippen LogP contribution in [0.2, 0.25) is 10.0 Å². The molecule has 0 saturated heterocycles. The van der Waals surface area contributed by atoms with Crippen LogP contribution in [0.1, 0.15) is 15.9 Å². The molecule has 0 atom stereocenters. The molecule has 0 aliphatic heterocycles. The van der Waals surface area contributed by atoms with E-state index in [9.17, 15) is 20.1 Å². The van der Waals surface area contributed by atoms with Crippen LogP contribution in [0.15, 0.2) is 35.3 Å². The van der Waals surface area contributed by atoms with Gasteiger partial charge >= 0.3 is 0 Å². The number of phenolic OH excluding ortho intramolecular Hbond substituents is 3. The van der Waals surface area contributed by atoms with Gasteiger partial charge in [0.2, 0.25) is 0 Å². The first-order chi connectivity index (χ1) is 10.4. The third-order valence-electron chi connectivity index (χ3n) is 2.82. The second kappa shape index (κ2) is 6.68. The highest BCUT2D eigenvalue weighted by Gasteiger charge is 2.09. The molecule has 0 spiro atoms. The molecule has 0 amide bonds. The van der Waals surface area contributed by atoms with Crippen molar-refractivity contribution in [1.29, 1.82) is 0 Å². The normalized spacial score (nSPS) is 11.0. The van der Waals surface area contributed by atoms with E-state index in [1.165, 1.54) is 30.5 Å². The van der Waals surface area contributed by atoms with Gasteiger partial charge < -0.3 is 15.3 Å². The molecular weight excluding hydrogens is 329 g/mol. The van der Waals surface area contributed by atoms with E-state index in [1.54, 1.807) is 0 Å². The molecule has 114 valence electrons. The van der Waals surface area contributed by atoms with Gasteiger partial charge in [0, 0.05) is 22.4 Å². The second-order valence-corrected chi connectivity index (χ2v) is 5.27. The number of carbonyl (C=O) groups excluding carboxylic acids is 1. The van der Waals surface area contributed by atoms with Crippen LogP contribution in [0.25, 0.3) is 0 Å². The minimum atomic E-state index is -0.380. The van der Waals surface area contributed by atoms with Crippen LogP contribution in [0.4, 0.5) is 0 Å². The maximum Gasteiger partial charge on any atom is 0.184 e. The molecule has 0 aliphatic carbocycles. The summed E-state index contributed by atoms with van der Waals surface area (Å²) in [5.74, 6) is -1.23. The van der Waals surface area contributed by atoms with Crippen LogP contribution in [-0.2, 0) is 0 Å². The van der Waals surface area contributed by atoms with Crippen LogP contribution >= 0.6 is 23.2 Å². The molecule has 2 aromatic carbocycles. The molecule has 22 heavy (non-hydrogen) atoms. The molecule has 0 bridgehead atoms. The first kappa shape index (κ1) is 16.1. The number of Topliss-reactive ketones (excluding diaryl/α,β-unsaturated/α-hetero) is 1. The Morgan fingerprint density at radius 1 is 1.09 bits per heavy atom. The number of aliphatic imine (C=N–C) groups is 1. The lowest BCUT2D eigenvalue weighted by atomic mass is 10.1. The summed E-state index contributed by atoms with van der Waals surface area (Å²) >= 11 is 11.6. The molecule has 0 aliphatic rings. The first-order valence-electron chi connectivity index (χ1n) is 6.11. The number of carbonyl (C=O) groups is 1. The van der Waals surface area contributed by atoms with Crippen molar-refractivity contribution >= 4 is 35.2 Å². The van der Waals surface area contributed by atoms with Crippen molar-refractivity contribution in [2.45, 2.75) is 0 Å². The third kappa shape index (κ3) is 3.69. The molecule has 0 saturated carbocycles. The zero-order chi connectivity index (χ0) is 16.3. The molecule has 3 N–H and O–H groups in total. The van der Waals surface area contributed by atoms with E-state index in [2.05, 4.69) is 4.99 Å². The highest BCUT2D eigenvalue weighted by Crippen LogP contribution is 2.30. The lowest BCUT2D eigenvalue weighted by Crippen LogP contribution is -2.03. The summed E-state index contributed by atoms with van der Waals surface area (Å²) in [7, 11) is 0. The number of halogens is 2. The average molecular weight is 340 g/mol. The number of aromatic hydroxyl groups is 3. The number of hydrogen-bond donors (Lipinski definition) is 3. The monoisotopic (exact) mass is 339 g/mol. The zero-order valence-corrected chi connectivity index (χ0v) is 12.6. The van der Waals surface area contributed by atoms with Crippen molar-refractivity contribution in [3.05, 3.63) is 51.5 Å². The number of hydrogen-bond acceptors (Lipinski definition) is 5. The standard InChI is InChI=1S/C15H11Cl2NO4/c16-10-3-9(15(22)11(17)5-10)6-18-7-14(21)8-1-2-12(19)13(20)4-8/h1-6,19-20,22H,7H2. The topological polar surface area (TPSA) is 90.1 Å². The fourth-order valence-electron chi connectivity index (χ4n) is 1.70. The van der Waals surface area contributed by atoms with E-state index in [-0.39, 0.29) is 40.2 Å².